The van der Waals surface area contributed by atoms with Crippen LogP contribution in [0.3, 0.4) is 0 Å². The van der Waals surface area contributed by atoms with Crippen LogP contribution in [-0.4, -0.2) is 19.2 Å². The highest BCUT2D eigenvalue weighted by molar-refractivity contribution is 7.07. The highest BCUT2D eigenvalue weighted by Crippen LogP contribution is 2.11. The van der Waals surface area contributed by atoms with Crippen molar-refractivity contribution in [3.63, 3.8) is 0 Å². The van der Waals surface area contributed by atoms with E-state index in [0.29, 0.717) is 6.10 Å². The van der Waals surface area contributed by atoms with E-state index in [1.54, 1.807) is 11.3 Å². The van der Waals surface area contributed by atoms with Crippen LogP contribution < -0.4 is 5.32 Å². The molecule has 2 rings (SSSR count). The molecule has 1 atom stereocenters. The summed E-state index contributed by atoms with van der Waals surface area (Å²) in [6, 6.07) is 2.13. The van der Waals surface area contributed by atoms with Crippen LogP contribution in [-0.2, 0) is 11.3 Å². The zero-order valence-electron chi connectivity index (χ0n) is 7.66. The van der Waals surface area contributed by atoms with Gasteiger partial charge in [0, 0.05) is 6.54 Å². The van der Waals surface area contributed by atoms with Crippen molar-refractivity contribution in [3.05, 3.63) is 22.4 Å². The molecule has 1 aliphatic rings. The normalized spacial score (nSPS) is 23.2. The van der Waals surface area contributed by atoms with E-state index in [-0.39, 0.29) is 0 Å². The average molecular weight is 197 g/mol. The second kappa shape index (κ2) is 4.74. The van der Waals surface area contributed by atoms with E-state index in [1.807, 2.05) is 0 Å². The topological polar surface area (TPSA) is 21.3 Å². The summed E-state index contributed by atoms with van der Waals surface area (Å²) >= 11 is 1.73. The maximum absolute atomic E-state index is 5.77. The fourth-order valence-corrected chi connectivity index (χ4v) is 2.20. The lowest BCUT2D eigenvalue weighted by atomic mass is 10.1. The highest BCUT2D eigenvalue weighted by atomic mass is 32.1. The van der Waals surface area contributed by atoms with Crippen molar-refractivity contribution < 1.29 is 4.74 Å². The summed E-state index contributed by atoms with van der Waals surface area (Å²) in [7, 11) is 0. The van der Waals surface area contributed by atoms with Gasteiger partial charge in [-0.3, -0.25) is 0 Å². The van der Waals surface area contributed by atoms with Crippen LogP contribution in [0.25, 0.3) is 0 Å². The molecule has 0 saturated carbocycles. The first-order valence-corrected chi connectivity index (χ1v) is 5.73. The quantitative estimate of drug-likeness (QED) is 0.800. The fraction of sp³-hybridized carbons (Fsp3) is 0.600. The van der Waals surface area contributed by atoms with E-state index in [0.717, 1.165) is 19.7 Å². The molecule has 72 valence electrons. The molecule has 2 heterocycles. The molecule has 1 fully saturated rings. The van der Waals surface area contributed by atoms with Crippen LogP contribution in [0.1, 0.15) is 18.4 Å². The summed E-state index contributed by atoms with van der Waals surface area (Å²) in [5.41, 5.74) is 1.30. The minimum absolute atomic E-state index is 0.425. The van der Waals surface area contributed by atoms with Crippen molar-refractivity contribution in [1.82, 2.24) is 5.32 Å². The summed E-state index contributed by atoms with van der Waals surface area (Å²) in [6.07, 6.45) is 2.87. The summed E-state index contributed by atoms with van der Waals surface area (Å²) < 4.78 is 5.77. The van der Waals surface area contributed by atoms with Gasteiger partial charge in [0.25, 0.3) is 0 Å². The summed E-state index contributed by atoms with van der Waals surface area (Å²) in [4.78, 5) is 0. The van der Waals surface area contributed by atoms with Crippen LogP contribution in [0.15, 0.2) is 16.8 Å². The third-order valence-electron chi connectivity index (χ3n) is 2.32. The lowest BCUT2D eigenvalue weighted by molar-refractivity contribution is 0.0254. The van der Waals surface area contributed by atoms with E-state index < -0.39 is 0 Å². The Hall–Kier alpha value is -0.380. The van der Waals surface area contributed by atoms with E-state index in [1.165, 1.54) is 18.4 Å². The molecule has 1 aromatic heterocycles. The first-order chi connectivity index (χ1) is 6.45. The zero-order chi connectivity index (χ0) is 8.93. The van der Waals surface area contributed by atoms with Crippen molar-refractivity contribution >= 4 is 11.3 Å². The highest BCUT2D eigenvalue weighted by Gasteiger charge is 2.12. The first-order valence-electron chi connectivity index (χ1n) is 4.78. The lowest BCUT2D eigenvalue weighted by Gasteiger charge is -2.22. The standard InChI is InChI=1S/C10H15NOS/c1-2-10(6-11-4-1)12-7-9-3-5-13-8-9/h3,5,8,10-11H,1-2,4,6-7H2/t10-/m0/s1. The molecule has 0 radical (unpaired) electrons. The number of ether oxygens (including phenoxy) is 1. The molecular weight excluding hydrogens is 182 g/mol. The first kappa shape index (κ1) is 9.19. The molecule has 1 N–H and O–H groups in total. The van der Waals surface area contributed by atoms with E-state index in [9.17, 15) is 0 Å². The molecule has 1 saturated heterocycles. The Morgan fingerprint density at radius 2 is 2.62 bits per heavy atom. The molecule has 0 unspecified atom stereocenters. The molecule has 3 heteroatoms. The molecular formula is C10H15NOS. The lowest BCUT2D eigenvalue weighted by Crippen LogP contribution is -2.35. The van der Waals surface area contributed by atoms with E-state index in [2.05, 4.69) is 22.1 Å². The number of rotatable bonds is 3. The predicted molar refractivity (Wildman–Crippen MR) is 55.0 cm³/mol. The minimum Gasteiger partial charge on any atom is -0.372 e. The van der Waals surface area contributed by atoms with E-state index >= 15 is 0 Å². The van der Waals surface area contributed by atoms with Crippen molar-refractivity contribution in [3.8, 4) is 0 Å². The SMILES string of the molecule is c1cc(CO[C@H]2CCCNC2)cs1. The summed E-state index contributed by atoms with van der Waals surface area (Å²) in [5.74, 6) is 0. The van der Waals surface area contributed by atoms with Gasteiger partial charge in [-0.05, 0) is 41.8 Å². The monoisotopic (exact) mass is 197 g/mol. The van der Waals surface area contributed by atoms with Gasteiger partial charge in [-0.1, -0.05) is 0 Å². The van der Waals surface area contributed by atoms with Crippen molar-refractivity contribution in [2.75, 3.05) is 13.1 Å². The Bertz CT molecular complexity index is 229. The van der Waals surface area contributed by atoms with Crippen molar-refractivity contribution in [2.24, 2.45) is 0 Å². The molecule has 0 amide bonds. The maximum Gasteiger partial charge on any atom is 0.0729 e. The van der Waals surface area contributed by atoms with Crippen molar-refractivity contribution in [1.29, 1.82) is 0 Å². The van der Waals surface area contributed by atoms with E-state index in [4.69, 9.17) is 4.74 Å². The Balaban J connectivity index is 1.72. The molecule has 0 aliphatic carbocycles. The van der Waals surface area contributed by atoms with Crippen molar-refractivity contribution in [2.45, 2.75) is 25.6 Å². The third kappa shape index (κ3) is 2.79. The smallest absolute Gasteiger partial charge is 0.0729 e. The number of thiophene rings is 1. The second-order valence-electron chi connectivity index (χ2n) is 3.41. The van der Waals surface area contributed by atoms with Crippen LogP contribution in [0.4, 0.5) is 0 Å². The molecule has 1 aromatic rings. The maximum atomic E-state index is 5.77. The van der Waals surface area contributed by atoms with Gasteiger partial charge >= 0.3 is 0 Å². The number of piperidine rings is 1. The van der Waals surface area contributed by atoms with Gasteiger partial charge in [0.1, 0.15) is 0 Å². The number of nitrogens with one attached hydrogen (secondary N) is 1. The fourth-order valence-electron chi connectivity index (χ4n) is 1.55. The molecule has 0 bridgehead atoms. The Labute approximate surface area is 82.9 Å². The Morgan fingerprint density at radius 1 is 1.62 bits per heavy atom. The summed E-state index contributed by atoms with van der Waals surface area (Å²) in [6.45, 7) is 2.94. The van der Waals surface area contributed by atoms with Crippen LogP contribution >= 0.6 is 11.3 Å². The Kier molecular flexibility index (Phi) is 3.35. The number of hydrogen-bond acceptors (Lipinski definition) is 3. The molecule has 0 spiro atoms. The van der Waals surface area contributed by atoms with Gasteiger partial charge in [-0.2, -0.15) is 11.3 Å². The Morgan fingerprint density at radius 3 is 3.31 bits per heavy atom. The van der Waals surface area contributed by atoms with Gasteiger partial charge in [0.2, 0.25) is 0 Å². The molecule has 2 nitrogen and oxygen atoms in total. The molecule has 1 aliphatic heterocycles. The van der Waals surface area contributed by atoms with Crippen LogP contribution in [0.2, 0.25) is 0 Å². The minimum atomic E-state index is 0.425. The predicted octanol–water partition coefficient (Wildman–Crippen LogP) is 2.02. The average Bonchev–Trinajstić information content (AvgIpc) is 2.69. The van der Waals surface area contributed by atoms with Gasteiger partial charge in [0.15, 0.2) is 0 Å². The number of hydrogen-bond donors (Lipinski definition) is 1. The van der Waals surface area contributed by atoms with Gasteiger partial charge < -0.3 is 10.1 Å². The second-order valence-corrected chi connectivity index (χ2v) is 4.19. The van der Waals surface area contributed by atoms with Gasteiger partial charge in [-0.15, -0.1) is 0 Å². The van der Waals surface area contributed by atoms with Gasteiger partial charge in [0.05, 0.1) is 12.7 Å². The zero-order valence-corrected chi connectivity index (χ0v) is 8.48. The van der Waals surface area contributed by atoms with Crippen LogP contribution in [0, 0.1) is 0 Å². The van der Waals surface area contributed by atoms with Gasteiger partial charge in [-0.25, -0.2) is 0 Å². The molecule has 13 heavy (non-hydrogen) atoms. The third-order valence-corrected chi connectivity index (χ3v) is 3.05. The largest absolute Gasteiger partial charge is 0.372 e. The summed E-state index contributed by atoms with van der Waals surface area (Å²) in [5, 5.41) is 7.59. The molecule has 0 aromatic carbocycles. The van der Waals surface area contributed by atoms with Crippen LogP contribution in [0.5, 0.6) is 0 Å².